The van der Waals surface area contributed by atoms with Crippen LogP contribution in [0.25, 0.3) is 0 Å². The Morgan fingerprint density at radius 3 is 2.52 bits per heavy atom. The van der Waals surface area contributed by atoms with Gasteiger partial charge in [0.25, 0.3) is 10.0 Å². The number of halogens is 3. The average Bonchev–Trinajstić information content (AvgIpc) is 2.95. The standard InChI is InChI=1S/C29H26ClF2N3O4S/c30-23-9-12-25(13-10-23)40(37,38)35(27-17-24(31)11-14-26(27)32)20-22-6-1-2-7-28(22)39-16-4-8-29(36)34-19-21-5-3-15-33-18-21/h1-3,5-7,9-15,17-18H,4,8,16,19-20H2,(H,34,36). The van der Waals surface area contributed by atoms with E-state index in [9.17, 15) is 22.0 Å². The maximum absolute atomic E-state index is 14.9. The Bertz CT molecular complexity index is 1560. The van der Waals surface area contributed by atoms with Gasteiger partial charge in [-0.1, -0.05) is 35.9 Å². The van der Waals surface area contributed by atoms with E-state index in [2.05, 4.69) is 10.3 Å². The first-order valence-electron chi connectivity index (χ1n) is 12.3. The molecule has 1 amide bonds. The van der Waals surface area contributed by atoms with E-state index >= 15 is 0 Å². The number of carbonyl (C=O) groups excluding carboxylic acids is 1. The van der Waals surface area contributed by atoms with Crippen LogP contribution in [0.15, 0.2) is 96.2 Å². The van der Waals surface area contributed by atoms with Crippen LogP contribution < -0.4 is 14.4 Å². The number of nitrogens with one attached hydrogen (secondary N) is 1. The lowest BCUT2D eigenvalue weighted by molar-refractivity contribution is -0.121. The van der Waals surface area contributed by atoms with Crippen LogP contribution in [0.4, 0.5) is 14.5 Å². The first-order chi connectivity index (χ1) is 19.2. The second kappa shape index (κ2) is 13.4. The third-order valence-electron chi connectivity index (χ3n) is 5.88. The molecule has 0 aliphatic heterocycles. The number of ether oxygens (including phenoxy) is 1. The molecule has 40 heavy (non-hydrogen) atoms. The van der Waals surface area contributed by atoms with Gasteiger partial charge < -0.3 is 10.1 Å². The van der Waals surface area contributed by atoms with Crippen LogP contribution in [0.5, 0.6) is 5.75 Å². The number of hydrogen-bond donors (Lipinski definition) is 1. The molecule has 4 rings (SSSR count). The summed E-state index contributed by atoms with van der Waals surface area (Å²) in [5.41, 5.74) is 0.855. The predicted octanol–water partition coefficient (Wildman–Crippen LogP) is 5.88. The summed E-state index contributed by atoms with van der Waals surface area (Å²) in [6.45, 7) is 0.202. The van der Waals surface area contributed by atoms with E-state index in [0.717, 1.165) is 28.1 Å². The van der Waals surface area contributed by atoms with Gasteiger partial charge >= 0.3 is 0 Å². The van der Waals surface area contributed by atoms with Gasteiger partial charge in [0.15, 0.2) is 0 Å². The van der Waals surface area contributed by atoms with Gasteiger partial charge in [0, 0.05) is 42.0 Å². The predicted molar refractivity (Wildman–Crippen MR) is 148 cm³/mol. The first-order valence-corrected chi connectivity index (χ1v) is 14.2. The van der Waals surface area contributed by atoms with E-state index < -0.39 is 27.3 Å². The Morgan fingerprint density at radius 1 is 1.00 bits per heavy atom. The van der Waals surface area contributed by atoms with Gasteiger partial charge in [-0.3, -0.25) is 14.1 Å². The topological polar surface area (TPSA) is 88.6 Å². The summed E-state index contributed by atoms with van der Waals surface area (Å²) in [5, 5.41) is 3.14. The van der Waals surface area contributed by atoms with Gasteiger partial charge in [0.05, 0.1) is 23.7 Å². The summed E-state index contributed by atoms with van der Waals surface area (Å²) < 4.78 is 62.9. The number of aromatic nitrogens is 1. The minimum Gasteiger partial charge on any atom is -0.493 e. The lowest BCUT2D eigenvalue weighted by Crippen LogP contribution is -2.31. The van der Waals surface area contributed by atoms with Crippen LogP contribution in [0, 0.1) is 11.6 Å². The smallest absolute Gasteiger partial charge is 0.264 e. The molecule has 0 aliphatic carbocycles. The molecule has 0 fully saturated rings. The summed E-state index contributed by atoms with van der Waals surface area (Å²) in [4.78, 5) is 16.1. The van der Waals surface area contributed by atoms with Gasteiger partial charge in [-0.15, -0.1) is 0 Å². The summed E-state index contributed by atoms with van der Waals surface area (Å²) in [5.74, 6) is -1.50. The summed E-state index contributed by atoms with van der Waals surface area (Å²) in [6, 6.07) is 18.3. The van der Waals surface area contributed by atoms with Crippen molar-refractivity contribution in [2.24, 2.45) is 0 Å². The highest BCUT2D eigenvalue weighted by molar-refractivity contribution is 7.92. The van der Waals surface area contributed by atoms with Crippen molar-refractivity contribution < 1.29 is 26.7 Å². The molecule has 0 bridgehead atoms. The van der Waals surface area contributed by atoms with Gasteiger partial charge in [0.2, 0.25) is 5.91 Å². The Morgan fingerprint density at radius 2 is 1.77 bits per heavy atom. The second-order valence-electron chi connectivity index (χ2n) is 8.76. The Kier molecular flexibility index (Phi) is 9.68. The molecule has 3 aromatic carbocycles. The van der Waals surface area contributed by atoms with E-state index in [1.54, 1.807) is 42.7 Å². The number of sulfonamides is 1. The zero-order valence-corrected chi connectivity index (χ0v) is 22.8. The van der Waals surface area contributed by atoms with E-state index in [0.29, 0.717) is 29.3 Å². The number of anilines is 1. The molecule has 0 unspecified atom stereocenters. The molecule has 0 saturated carbocycles. The summed E-state index contributed by atoms with van der Waals surface area (Å²) in [6.07, 6.45) is 3.94. The van der Waals surface area contributed by atoms with Gasteiger partial charge in [-0.25, -0.2) is 17.2 Å². The van der Waals surface area contributed by atoms with Crippen LogP contribution in [0.2, 0.25) is 5.02 Å². The Labute approximate surface area is 236 Å². The average molecular weight is 586 g/mol. The molecule has 0 spiro atoms. The van der Waals surface area contributed by atoms with Gasteiger partial charge in [-0.05, 0) is 60.5 Å². The number of pyridine rings is 1. The highest BCUT2D eigenvalue weighted by atomic mass is 35.5. The molecule has 11 heteroatoms. The number of benzene rings is 3. The number of nitrogens with zero attached hydrogens (tertiary/aromatic N) is 2. The van der Waals surface area contributed by atoms with Crippen LogP contribution in [0.1, 0.15) is 24.0 Å². The fraction of sp³-hybridized carbons (Fsp3) is 0.172. The maximum Gasteiger partial charge on any atom is 0.264 e. The lowest BCUT2D eigenvalue weighted by Gasteiger charge is -2.26. The highest BCUT2D eigenvalue weighted by Crippen LogP contribution is 2.31. The number of hydrogen-bond acceptors (Lipinski definition) is 5. The number of amides is 1. The van der Waals surface area contributed by atoms with Gasteiger partial charge in [-0.2, -0.15) is 0 Å². The van der Waals surface area contributed by atoms with Gasteiger partial charge in [0.1, 0.15) is 17.4 Å². The third kappa shape index (κ3) is 7.55. The molecule has 7 nitrogen and oxygen atoms in total. The first kappa shape index (κ1) is 29.0. The molecule has 1 heterocycles. The van der Waals surface area contributed by atoms with E-state index in [1.165, 1.54) is 24.3 Å². The zero-order valence-electron chi connectivity index (χ0n) is 21.3. The molecule has 208 valence electrons. The lowest BCUT2D eigenvalue weighted by atomic mass is 10.2. The van der Waals surface area contributed by atoms with Crippen molar-refractivity contribution >= 4 is 33.2 Å². The monoisotopic (exact) mass is 585 g/mol. The van der Waals surface area contributed by atoms with Crippen molar-refractivity contribution in [3.63, 3.8) is 0 Å². The van der Waals surface area contributed by atoms with Crippen molar-refractivity contribution in [3.05, 3.63) is 119 Å². The number of carbonyl (C=O) groups is 1. The maximum atomic E-state index is 14.9. The molecule has 1 aromatic heterocycles. The number of para-hydroxylation sites is 1. The van der Waals surface area contributed by atoms with Crippen molar-refractivity contribution in [3.8, 4) is 5.75 Å². The largest absolute Gasteiger partial charge is 0.493 e. The molecule has 0 saturated heterocycles. The fourth-order valence-electron chi connectivity index (χ4n) is 3.85. The molecular formula is C29H26ClF2N3O4S. The van der Waals surface area contributed by atoms with Crippen LogP contribution in [0.3, 0.4) is 0 Å². The van der Waals surface area contributed by atoms with E-state index in [4.69, 9.17) is 16.3 Å². The minimum atomic E-state index is -4.34. The van der Waals surface area contributed by atoms with Crippen LogP contribution in [-0.2, 0) is 27.9 Å². The molecule has 0 radical (unpaired) electrons. The molecule has 0 atom stereocenters. The minimum absolute atomic E-state index is 0.142. The molecule has 4 aromatic rings. The van der Waals surface area contributed by atoms with Crippen molar-refractivity contribution in [2.75, 3.05) is 10.9 Å². The van der Waals surface area contributed by atoms with Crippen LogP contribution >= 0.6 is 11.6 Å². The molecule has 1 N–H and O–H groups in total. The Balaban J connectivity index is 1.48. The Hall–Kier alpha value is -4.02. The zero-order chi connectivity index (χ0) is 28.5. The van der Waals surface area contributed by atoms with E-state index in [1.807, 2.05) is 6.07 Å². The fourth-order valence-corrected chi connectivity index (χ4v) is 5.42. The van der Waals surface area contributed by atoms with Crippen molar-refractivity contribution in [1.29, 1.82) is 0 Å². The van der Waals surface area contributed by atoms with Crippen molar-refractivity contribution in [1.82, 2.24) is 10.3 Å². The quantitative estimate of drug-likeness (QED) is 0.210. The molecular weight excluding hydrogens is 560 g/mol. The molecule has 0 aliphatic rings. The highest BCUT2D eigenvalue weighted by Gasteiger charge is 2.29. The van der Waals surface area contributed by atoms with Crippen molar-refractivity contribution in [2.45, 2.75) is 30.8 Å². The summed E-state index contributed by atoms with van der Waals surface area (Å²) in [7, 11) is -4.34. The van der Waals surface area contributed by atoms with Crippen LogP contribution in [-0.4, -0.2) is 25.9 Å². The third-order valence-corrected chi connectivity index (χ3v) is 7.91. The summed E-state index contributed by atoms with van der Waals surface area (Å²) >= 11 is 5.92. The van der Waals surface area contributed by atoms with E-state index in [-0.39, 0.29) is 30.4 Å². The SMILES string of the molecule is O=C(CCCOc1ccccc1CN(c1cc(F)ccc1F)S(=O)(=O)c1ccc(Cl)cc1)NCc1cccnc1. The number of rotatable bonds is 12. The normalized spacial score (nSPS) is 11.2. The second-order valence-corrected chi connectivity index (χ2v) is 11.1.